The molecule has 6 heteroatoms. The van der Waals surface area contributed by atoms with Crippen molar-refractivity contribution in [3.8, 4) is 0 Å². The van der Waals surface area contributed by atoms with E-state index in [1.807, 2.05) is 13.8 Å². The second kappa shape index (κ2) is 7.86. The largest absolute Gasteiger partial charge is 0.463 e. The molecular formula is C21H20N2O4. The highest BCUT2D eigenvalue weighted by Crippen LogP contribution is 2.15. The third-order valence-electron chi connectivity index (χ3n) is 4.34. The smallest absolute Gasteiger partial charge is 0.262 e. The Bertz CT molecular complexity index is 1050. The molecule has 2 amide bonds. The molecule has 0 atom stereocenters. The predicted octanol–water partition coefficient (Wildman–Crippen LogP) is 3.53. The molecule has 0 radical (unpaired) electrons. The van der Waals surface area contributed by atoms with Crippen LogP contribution in [-0.2, 0) is 0 Å². The van der Waals surface area contributed by atoms with Crippen LogP contribution in [0.1, 0.15) is 34.6 Å². The van der Waals surface area contributed by atoms with Gasteiger partial charge in [-0.1, -0.05) is 18.2 Å². The minimum Gasteiger partial charge on any atom is -0.463 e. The fraction of sp³-hybridized carbons (Fsp3) is 0.190. The molecular weight excluding hydrogens is 344 g/mol. The standard InChI is InChI=1S/C21H20N2O4/c1-3-23(4-2)21(26)14-8-7-9-15(12-14)22-20(25)17-13-27-18-11-6-5-10-16(18)19(17)24/h5-13H,3-4H2,1-2H3,(H,22,25). The van der Waals surface area contributed by atoms with Crippen LogP contribution in [0.4, 0.5) is 5.69 Å². The first-order valence-corrected chi connectivity index (χ1v) is 8.76. The molecule has 6 nitrogen and oxygen atoms in total. The Hall–Kier alpha value is -3.41. The molecule has 138 valence electrons. The molecule has 0 spiro atoms. The van der Waals surface area contributed by atoms with E-state index in [1.165, 1.54) is 0 Å². The van der Waals surface area contributed by atoms with E-state index in [4.69, 9.17) is 4.42 Å². The van der Waals surface area contributed by atoms with E-state index in [-0.39, 0.29) is 11.5 Å². The fourth-order valence-corrected chi connectivity index (χ4v) is 2.86. The van der Waals surface area contributed by atoms with Crippen LogP contribution >= 0.6 is 0 Å². The quantitative estimate of drug-likeness (QED) is 0.751. The molecule has 0 unspecified atom stereocenters. The minimum atomic E-state index is -0.582. The van der Waals surface area contributed by atoms with E-state index in [0.717, 1.165) is 6.26 Å². The first-order chi connectivity index (χ1) is 13.0. The number of rotatable bonds is 5. The number of hydrogen-bond donors (Lipinski definition) is 1. The van der Waals surface area contributed by atoms with Crippen LogP contribution in [0.3, 0.4) is 0 Å². The molecule has 0 aliphatic heterocycles. The molecule has 0 fully saturated rings. The van der Waals surface area contributed by atoms with Crippen LogP contribution in [0.5, 0.6) is 0 Å². The lowest BCUT2D eigenvalue weighted by molar-refractivity contribution is 0.0772. The zero-order valence-electron chi connectivity index (χ0n) is 15.2. The van der Waals surface area contributed by atoms with Gasteiger partial charge in [0.15, 0.2) is 0 Å². The molecule has 0 aliphatic carbocycles. The first-order valence-electron chi connectivity index (χ1n) is 8.76. The van der Waals surface area contributed by atoms with Gasteiger partial charge in [-0.2, -0.15) is 0 Å². The normalized spacial score (nSPS) is 10.6. The third kappa shape index (κ3) is 3.74. The van der Waals surface area contributed by atoms with Gasteiger partial charge in [-0.25, -0.2) is 0 Å². The van der Waals surface area contributed by atoms with Crippen LogP contribution in [0.15, 0.2) is 64.0 Å². The number of hydrogen-bond acceptors (Lipinski definition) is 4. The Morgan fingerprint density at radius 3 is 2.52 bits per heavy atom. The third-order valence-corrected chi connectivity index (χ3v) is 4.34. The second-order valence-corrected chi connectivity index (χ2v) is 5.99. The summed E-state index contributed by atoms with van der Waals surface area (Å²) in [5.74, 6) is -0.691. The number of benzene rings is 2. The zero-order valence-corrected chi connectivity index (χ0v) is 15.2. The molecule has 0 bridgehead atoms. The van der Waals surface area contributed by atoms with Gasteiger partial charge in [-0.05, 0) is 44.2 Å². The maximum Gasteiger partial charge on any atom is 0.262 e. The Morgan fingerprint density at radius 1 is 1.04 bits per heavy atom. The number of nitrogens with zero attached hydrogens (tertiary/aromatic N) is 1. The van der Waals surface area contributed by atoms with Gasteiger partial charge in [0.2, 0.25) is 5.43 Å². The molecule has 27 heavy (non-hydrogen) atoms. The lowest BCUT2D eigenvalue weighted by Crippen LogP contribution is -2.30. The van der Waals surface area contributed by atoms with Crippen molar-refractivity contribution in [3.63, 3.8) is 0 Å². The van der Waals surface area contributed by atoms with E-state index in [9.17, 15) is 14.4 Å². The summed E-state index contributed by atoms with van der Waals surface area (Å²) in [5, 5.41) is 3.01. The van der Waals surface area contributed by atoms with Crippen molar-refractivity contribution in [2.24, 2.45) is 0 Å². The van der Waals surface area contributed by atoms with Crippen molar-refractivity contribution in [1.29, 1.82) is 0 Å². The van der Waals surface area contributed by atoms with Gasteiger partial charge in [0.25, 0.3) is 11.8 Å². The number of fused-ring (bicyclic) bond motifs is 1. The van der Waals surface area contributed by atoms with Crippen LogP contribution in [0.25, 0.3) is 11.0 Å². The number of para-hydroxylation sites is 1. The Morgan fingerprint density at radius 2 is 1.78 bits per heavy atom. The van der Waals surface area contributed by atoms with Crippen molar-refractivity contribution in [2.75, 3.05) is 18.4 Å². The van der Waals surface area contributed by atoms with E-state index in [2.05, 4.69) is 5.32 Å². The van der Waals surface area contributed by atoms with Gasteiger partial charge in [0.05, 0.1) is 5.39 Å². The lowest BCUT2D eigenvalue weighted by Gasteiger charge is -2.19. The summed E-state index contributed by atoms with van der Waals surface area (Å²) in [6.45, 7) is 5.02. The van der Waals surface area contributed by atoms with Crippen molar-refractivity contribution in [3.05, 3.63) is 76.1 Å². The average Bonchev–Trinajstić information content (AvgIpc) is 2.69. The Kier molecular flexibility index (Phi) is 5.35. The molecule has 1 N–H and O–H groups in total. The Labute approximate surface area is 156 Å². The average molecular weight is 364 g/mol. The number of anilines is 1. The summed E-state index contributed by atoms with van der Waals surface area (Å²) in [6.07, 6.45) is 1.16. The molecule has 3 rings (SSSR count). The van der Waals surface area contributed by atoms with Gasteiger partial charge in [-0.3, -0.25) is 14.4 Å². The zero-order chi connectivity index (χ0) is 19.4. The van der Waals surface area contributed by atoms with Crippen LogP contribution < -0.4 is 10.7 Å². The topological polar surface area (TPSA) is 79.6 Å². The predicted molar refractivity (Wildman–Crippen MR) is 104 cm³/mol. The van der Waals surface area contributed by atoms with E-state index in [1.54, 1.807) is 53.4 Å². The van der Waals surface area contributed by atoms with E-state index >= 15 is 0 Å². The maximum absolute atomic E-state index is 12.5. The van der Waals surface area contributed by atoms with Gasteiger partial charge >= 0.3 is 0 Å². The molecule has 0 saturated heterocycles. The van der Waals surface area contributed by atoms with Crippen molar-refractivity contribution in [2.45, 2.75) is 13.8 Å². The van der Waals surface area contributed by atoms with Crippen molar-refractivity contribution >= 4 is 28.5 Å². The monoisotopic (exact) mass is 364 g/mol. The molecule has 2 aromatic carbocycles. The molecule has 1 heterocycles. The molecule has 0 saturated carbocycles. The summed E-state index contributed by atoms with van der Waals surface area (Å²) >= 11 is 0. The van der Waals surface area contributed by atoms with Crippen LogP contribution in [0, 0.1) is 0 Å². The Balaban J connectivity index is 1.87. The second-order valence-electron chi connectivity index (χ2n) is 5.99. The highest BCUT2D eigenvalue weighted by Gasteiger charge is 2.16. The summed E-state index contributed by atoms with van der Waals surface area (Å²) < 4.78 is 5.38. The fourth-order valence-electron chi connectivity index (χ4n) is 2.86. The number of carbonyl (C=O) groups is 2. The van der Waals surface area contributed by atoms with Gasteiger partial charge < -0.3 is 14.6 Å². The van der Waals surface area contributed by atoms with Crippen molar-refractivity contribution < 1.29 is 14.0 Å². The molecule has 0 aliphatic rings. The SMILES string of the molecule is CCN(CC)C(=O)c1cccc(NC(=O)c2coc3ccccc3c2=O)c1. The summed E-state index contributed by atoms with van der Waals surface area (Å²) in [5.41, 5.74) is 0.845. The minimum absolute atomic E-state index is 0.0887. The van der Waals surface area contributed by atoms with Crippen LogP contribution in [0.2, 0.25) is 0 Å². The van der Waals surface area contributed by atoms with E-state index in [0.29, 0.717) is 35.3 Å². The van der Waals surface area contributed by atoms with Crippen LogP contribution in [-0.4, -0.2) is 29.8 Å². The van der Waals surface area contributed by atoms with Gasteiger partial charge in [0.1, 0.15) is 17.4 Å². The van der Waals surface area contributed by atoms with Gasteiger partial charge in [0, 0.05) is 24.3 Å². The van der Waals surface area contributed by atoms with E-state index < -0.39 is 11.3 Å². The number of carbonyl (C=O) groups excluding carboxylic acids is 2. The number of amides is 2. The number of nitrogens with one attached hydrogen (secondary N) is 1. The lowest BCUT2D eigenvalue weighted by atomic mass is 10.1. The molecule has 3 aromatic rings. The maximum atomic E-state index is 12.5. The highest BCUT2D eigenvalue weighted by atomic mass is 16.3. The van der Waals surface area contributed by atoms with Gasteiger partial charge in [-0.15, -0.1) is 0 Å². The summed E-state index contributed by atoms with van der Waals surface area (Å²) in [6, 6.07) is 13.4. The summed E-state index contributed by atoms with van der Waals surface area (Å²) in [7, 11) is 0. The highest BCUT2D eigenvalue weighted by molar-refractivity contribution is 6.06. The molecule has 1 aromatic heterocycles. The summed E-state index contributed by atoms with van der Waals surface area (Å²) in [4.78, 5) is 39.2. The van der Waals surface area contributed by atoms with Crippen molar-refractivity contribution in [1.82, 2.24) is 4.90 Å². The first kappa shape index (κ1) is 18.4.